The molecule has 0 fully saturated rings. The molecule has 1 heterocycles. The second-order valence-corrected chi connectivity index (χ2v) is 5.25. The van der Waals surface area contributed by atoms with E-state index in [2.05, 4.69) is 31.0 Å². The Labute approximate surface area is 112 Å². The molecular weight excluding hydrogens is 224 g/mol. The molecule has 0 unspecified atom stereocenters. The Morgan fingerprint density at radius 1 is 1.33 bits per heavy atom. The van der Waals surface area contributed by atoms with E-state index >= 15 is 0 Å². The van der Waals surface area contributed by atoms with Crippen LogP contribution >= 0.6 is 0 Å². The molecule has 0 aliphatic rings. The predicted octanol–water partition coefficient (Wildman–Crippen LogP) is 3.13. The van der Waals surface area contributed by atoms with Gasteiger partial charge in [-0.15, -0.1) is 0 Å². The Morgan fingerprint density at radius 3 is 2.78 bits per heavy atom. The molecule has 1 aromatic heterocycles. The van der Waals surface area contributed by atoms with E-state index in [1.165, 1.54) is 12.8 Å². The number of nitrogens with zero attached hydrogens (tertiary/aromatic N) is 1. The molecule has 0 bridgehead atoms. The van der Waals surface area contributed by atoms with E-state index < -0.39 is 0 Å². The molecule has 1 N–H and O–H groups in total. The van der Waals surface area contributed by atoms with Crippen molar-refractivity contribution in [3.05, 3.63) is 24.2 Å². The normalized spacial score (nSPS) is 11.6. The third-order valence-corrected chi connectivity index (χ3v) is 3.04. The molecule has 1 aromatic rings. The maximum Gasteiger partial charge on any atom is 0.117 e. The van der Waals surface area contributed by atoms with Gasteiger partial charge in [-0.1, -0.05) is 20.8 Å². The van der Waals surface area contributed by atoms with Crippen molar-refractivity contribution in [2.75, 3.05) is 26.2 Å². The Bertz CT molecular complexity index is 283. The molecule has 0 spiro atoms. The van der Waals surface area contributed by atoms with Crippen LogP contribution in [0.4, 0.5) is 0 Å². The summed E-state index contributed by atoms with van der Waals surface area (Å²) >= 11 is 0. The summed E-state index contributed by atoms with van der Waals surface area (Å²) in [7, 11) is 0. The summed E-state index contributed by atoms with van der Waals surface area (Å²) in [6, 6.07) is 4.01. The SMILES string of the molecule is CCN(CCCCNCC(C)C)Cc1ccco1. The van der Waals surface area contributed by atoms with Gasteiger partial charge in [0.2, 0.25) is 0 Å². The van der Waals surface area contributed by atoms with Crippen LogP contribution in [0.5, 0.6) is 0 Å². The lowest BCUT2D eigenvalue weighted by molar-refractivity contribution is 0.250. The summed E-state index contributed by atoms with van der Waals surface area (Å²) in [5, 5.41) is 3.49. The van der Waals surface area contributed by atoms with Gasteiger partial charge in [-0.3, -0.25) is 4.90 Å². The van der Waals surface area contributed by atoms with Crippen LogP contribution in [0.25, 0.3) is 0 Å². The highest BCUT2D eigenvalue weighted by Crippen LogP contribution is 2.06. The van der Waals surface area contributed by atoms with Crippen LogP contribution in [0.2, 0.25) is 0 Å². The van der Waals surface area contributed by atoms with Gasteiger partial charge in [0.15, 0.2) is 0 Å². The maximum absolute atomic E-state index is 5.38. The highest BCUT2D eigenvalue weighted by atomic mass is 16.3. The Morgan fingerprint density at radius 2 is 2.17 bits per heavy atom. The average Bonchev–Trinajstić information content (AvgIpc) is 2.84. The number of nitrogens with one attached hydrogen (secondary N) is 1. The molecule has 104 valence electrons. The van der Waals surface area contributed by atoms with E-state index in [1.54, 1.807) is 6.26 Å². The molecule has 0 aliphatic carbocycles. The molecule has 0 saturated heterocycles. The van der Waals surface area contributed by atoms with Crippen molar-refractivity contribution in [2.45, 2.75) is 40.2 Å². The number of unbranched alkanes of at least 4 members (excludes halogenated alkanes) is 1. The Balaban J connectivity index is 2.05. The molecule has 3 nitrogen and oxygen atoms in total. The molecule has 0 atom stereocenters. The van der Waals surface area contributed by atoms with Crippen LogP contribution in [-0.4, -0.2) is 31.1 Å². The smallest absolute Gasteiger partial charge is 0.117 e. The van der Waals surface area contributed by atoms with Gasteiger partial charge in [-0.25, -0.2) is 0 Å². The zero-order chi connectivity index (χ0) is 13.2. The van der Waals surface area contributed by atoms with E-state index in [0.717, 1.165) is 44.4 Å². The monoisotopic (exact) mass is 252 g/mol. The molecule has 3 heteroatoms. The van der Waals surface area contributed by atoms with Gasteiger partial charge in [-0.2, -0.15) is 0 Å². The van der Waals surface area contributed by atoms with Crippen molar-refractivity contribution in [1.82, 2.24) is 10.2 Å². The minimum atomic E-state index is 0.746. The standard InChI is InChI=1S/C15H28N2O/c1-4-17(13-15-8-7-11-18-15)10-6-5-9-16-12-14(2)3/h7-8,11,14,16H,4-6,9-10,12-13H2,1-3H3. The first-order valence-corrected chi connectivity index (χ1v) is 7.17. The number of hydrogen-bond acceptors (Lipinski definition) is 3. The fourth-order valence-corrected chi connectivity index (χ4v) is 1.95. The van der Waals surface area contributed by atoms with Crippen molar-refractivity contribution < 1.29 is 4.42 Å². The molecule has 18 heavy (non-hydrogen) atoms. The highest BCUT2D eigenvalue weighted by molar-refractivity contribution is 4.97. The largest absolute Gasteiger partial charge is 0.468 e. The fraction of sp³-hybridized carbons (Fsp3) is 0.733. The van der Waals surface area contributed by atoms with Gasteiger partial charge in [-0.05, 0) is 57.1 Å². The number of rotatable bonds is 10. The molecule has 0 saturated carbocycles. The predicted molar refractivity (Wildman–Crippen MR) is 76.6 cm³/mol. The van der Waals surface area contributed by atoms with Crippen molar-refractivity contribution in [2.24, 2.45) is 5.92 Å². The molecule has 0 amide bonds. The van der Waals surface area contributed by atoms with Crippen LogP contribution in [0, 0.1) is 5.92 Å². The maximum atomic E-state index is 5.38. The quantitative estimate of drug-likeness (QED) is 0.649. The first-order chi connectivity index (χ1) is 8.72. The van der Waals surface area contributed by atoms with E-state index in [-0.39, 0.29) is 0 Å². The minimum absolute atomic E-state index is 0.746. The second kappa shape index (κ2) is 9.17. The average molecular weight is 252 g/mol. The first-order valence-electron chi connectivity index (χ1n) is 7.17. The Kier molecular flexibility index (Phi) is 7.78. The lowest BCUT2D eigenvalue weighted by Gasteiger charge is -2.19. The second-order valence-electron chi connectivity index (χ2n) is 5.25. The topological polar surface area (TPSA) is 28.4 Å². The summed E-state index contributed by atoms with van der Waals surface area (Å²) in [5.74, 6) is 1.81. The zero-order valence-electron chi connectivity index (χ0n) is 12.1. The van der Waals surface area contributed by atoms with Crippen LogP contribution in [0.15, 0.2) is 22.8 Å². The van der Waals surface area contributed by atoms with E-state index in [9.17, 15) is 0 Å². The summed E-state index contributed by atoms with van der Waals surface area (Å²) in [4.78, 5) is 2.43. The van der Waals surface area contributed by atoms with Crippen molar-refractivity contribution in [3.8, 4) is 0 Å². The lowest BCUT2D eigenvalue weighted by atomic mass is 10.2. The van der Waals surface area contributed by atoms with Gasteiger partial charge < -0.3 is 9.73 Å². The Hall–Kier alpha value is -0.800. The first kappa shape index (κ1) is 15.3. The van der Waals surface area contributed by atoms with Crippen molar-refractivity contribution in [1.29, 1.82) is 0 Å². The van der Waals surface area contributed by atoms with Crippen LogP contribution < -0.4 is 5.32 Å². The summed E-state index contributed by atoms with van der Waals surface area (Å²) < 4.78 is 5.38. The number of furan rings is 1. The van der Waals surface area contributed by atoms with Gasteiger partial charge in [0.25, 0.3) is 0 Å². The third-order valence-electron chi connectivity index (χ3n) is 3.04. The summed E-state index contributed by atoms with van der Waals surface area (Å²) in [6.45, 7) is 12.1. The van der Waals surface area contributed by atoms with Gasteiger partial charge in [0, 0.05) is 0 Å². The fourth-order valence-electron chi connectivity index (χ4n) is 1.95. The summed E-state index contributed by atoms with van der Waals surface area (Å²) in [6.07, 6.45) is 4.25. The zero-order valence-corrected chi connectivity index (χ0v) is 12.1. The molecule has 0 radical (unpaired) electrons. The highest BCUT2D eigenvalue weighted by Gasteiger charge is 2.05. The van der Waals surface area contributed by atoms with E-state index in [1.807, 2.05) is 12.1 Å². The third kappa shape index (κ3) is 6.82. The van der Waals surface area contributed by atoms with Gasteiger partial charge in [0.1, 0.15) is 5.76 Å². The van der Waals surface area contributed by atoms with Crippen LogP contribution in [0.3, 0.4) is 0 Å². The van der Waals surface area contributed by atoms with Crippen molar-refractivity contribution >= 4 is 0 Å². The number of hydrogen-bond donors (Lipinski definition) is 1. The molecule has 0 aromatic carbocycles. The van der Waals surface area contributed by atoms with Crippen LogP contribution in [0.1, 0.15) is 39.4 Å². The van der Waals surface area contributed by atoms with Gasteiger partial charge >= 0.3 is 0 Å². The van der Waals surface area contributed by atoms with Gasteiger partial charge in [0.05, 0.1) is 12.8 Å². The van der Waals surface area contributed by atoms with E-state index in [4.69, 9.17) is 4.42 Å². The molecular formula is C15H28N2O. The minimum Gasteiger partial charge on any atom is -0.468 e. The van der Waals surface area contributed by atoms with E-state index in [0.29, 0.717) is 0 Å². The molecule has 0 aliphatic heterocycles. The van der Waals surface area contributed by atoms with Crippen molar-refractivity contribution in [3.63, 3.8) is 0 Å². The molecule has 1 rings (SSSR count). The van der Waals surface area contributed by atoms with Crippen LogP contribution in [-0.2, 0) is 6.54 Å². The lowest BCUT2D eigenvalue weighted by Crippen LogP contribution is -2.25. The summed E-state index contributed by atoms with van der Waals surface area (Å²) in [5.41, 5.74) is 0.